The first kappa shape index (κ1) is 17.7. The van der Waals surface area contributed by atoms with Crippen LogP contribution >= 0.6 is 12.2 Å². The van der Waals surface area contributed by atoms with Crippen LogP contribution in [-0.2, 0) is 9.47 Å². The minimum atomic E-state index is -0.485. The molecule has 0 saturated carbocycles. The second-order valence-electron chi connectivity index (χ2n) is 5.81. The summed E-state index contributed by atoms with van der Waals surface area (Å²) >= 11 is 5.00. The zero-order chi connectivity index (χ0) is 17.8. The molecule has 136 valence electrons. The SMILES string of the molecule is CNC(=S)NCC1CN(c2ccc(N3CCOCC3)c(F)c2)C(=O)O1. The Kier molecular flexibility index (Phi) is 5.54. The molecule has 2 saturated heterocycles. The lowest BCUT2D eigenvalue weighted by Crippen LogP contribution is -2.39. The lowest BCUT2D eigenvalue weighted by atomic mass is 10.2. The van der Waals surface area contributed by atoms with Gasteiger partial charge in [-0.1, -0.05) is 0 Å². The molecule has 1 amide bonds. The molecule has 1 atom stereocenters. The highest BCUT2D eigenvalue weighted by Crippen LogP contribution is 2.28. The molecule has 2 fully saturated rings. The molecule has 2 aliphatic rings. The lowest BCUT2D eigenvalue weighted by molar-refractivity contribution is 0.122. The first-order valence-corrected chi connectivity index (χ1v) is 8.55. The number of benzene rings is 1. The van der Waals surface area contributed by atoms with Crippen molar-refractivity contribution in [1.82, 2.24) is 10.6 Å². The van der Waals surface area contributed by atoms with Crippen molar-refractivity contribution in [3.05, 3.63) is 24.0 Å². The van der Waals surface area contributed by atoms with Gasteiger partial charge in [0.1, 0.15) is 11.9 Å². The highest BCUT2D eigenvalue weighted by molar-refractivity contribution is 7.80. The molecular weight excluding hydrogens is 347 g/mol. The van der Waals surface area contributed by atoms with Gasteiger partial charge >= 0.3 is 6.09 Å². The minimum absolute atomic E-state index is 0.342. The van der Waals surface area contributed by atoms with Gasteiger partial charge in [0.2, 0.25) is 0 Å². The molecule has 0 aromatic heterocycles. The van der Waals surface area contributed by atoms with Crippen LogP contribution < -0.4 is 20.4 Å². The van der Waals surface area contributed by atoms with Crippen molar-refractivity contribution >= 4 is 34.8 Å². The van der Waals surface area contributed by atoms with Gasteiger partial charge in [-0.25, -0.2) is 9.18 Å². The summed E-state index contributed by atoms with van der Waals surface area (Å²) in [7, 11) is 1.71. The fraction of sp³-hybridized carbons (Fsp3) is 0.500. The third-order valence-corrected chi connectivity index (χ3v) is 4.53. The van der Waals surface area contributed by atoms with Crippen molar-refractivity contribution in [2.24, 2.45) is 0 Å². The van der Waals surface area contributed by atoms with Gasteiger partial charge in [0, 0.05) is 20.1 Å². The number of ether oxygens (including phenoxy) is 2. The third-order valence-electron chi connectivity index (χ3n) is 4.19. The van der Waals surface area contributed by atoms with Crippen LogP contribution in [0.1, 0.15) is 0 Å². The van der Waals surface area contributed by atoms with E-state index >= 15 is 0 Å². The number of nitrogens with zero attached hydrogens (tertiary/aromatic N) is 2. The summed E-state index contributed by atoms with van der Waals surface area (Å²) in [6.07, 6.45) is -0.832. The smallest absolute Gasteiger partial charge is 0.414 e. The molecule has 2 N–H and O–H groups in total. The van der Waals surface area contributed by atoms with Gasteiger partial charge in [0.25, 0.3) is 0 Å². The van der Waals surface area contributed by atoms with Gasteiger partial charge in [-0.3, -0.25) is 4.90 Å². The van der Waals surface area contributed by atoms with E-state index < -0.39 is 6.09 Å². The van der Waals surface area contributed by atoms with E-state index in [0.29, 0.717) is 55.9 Å². The van der Waals surface area contributed by atoms with Gasteiger partial charge < -0.3 is 25.0 Å². The van der Waals surface area contributed by atoms with Crippen LogP contribution in [0.4, 0.5) is 20.6 Å². The summed E-state index contributed by atoms with van der Waals surface area (Å²) in [4.78, 5) is 15.4. The van der Waals surface area contributed by atoms with Crippen molar-refractivity contribution in [3.8, 4) is 0 Å². The van der Waals surface area contributed by atoms with Crippen LogP contribution in [0.5, 0.6) is 0 Å². The number of hydrogen-bond donors (Lipinski definition) is 2. The highest BCUT2D eigenvalue weighted by atomic mass is 32.1. The standard InChI is InChI=1S/C16H21FN4O3S/c1-18-15(25)19-9-12-10-21(16(22)24-12)11-2-3-14(13(17)8-11)20-4-6-23-7-5-20/h2-3,8,12H,4-7,9-10H2,1H3,(H2,18,19,25). The fourth-order valence-corrected chi connectivity index (χ4v) is 2.94. The van der Waals surface area contributed by atoms with Crippen LogP contribution in [0.25, 0.3) is 0 Å². The molecule has 0 aliphatic carbocycles. The Balaban J connectivity index is 1.66. The molecule has 7 nitrogen and oxygen atoms in total. The molecule has 2 aliphatic heterocycles. The van der Waals surface area contributed by atoms with Crippen LogP contribution in [-0.4, -0.2) is 63.8 Å². The van der Waals surface area contributed by atoms with Gasteiger partial charge in [-0.15, -0.1) is 0 Å². The monoisotopic (exact) mass is 368 g/mol. The van der Waals surface area contributed by atoms with Gasteiger partial charge in [-0.05, 0) is 30.4 Å². The number of anilines is 2. The Bertz CT molecular complexity index is 654. The zero-order valence-corrected chi connectivity index (χ0v) is 14.8. The number of cyclic esters (lactones) is 1. The van der Waals surface area contributed by atoms with Gasteiger partial charge in [-0.2, -0.15) is 0 Å². The highest BCUT2D eigenvalue weighted by Gasteiger charge is 2.32. The molecule has 1 aromatic carbocycles. The van der Waals surface area contributed by atoms with E-state index in [0.717, 1.165) is 0 Å². The second-order valence-corrected chi connectivity index (χ2v) is 6.22. The molecule has 0 spiro atoms. The van der Waals surface area contributed by atoms with Crippen molar-refractivity contribution in [2.45, 2.75) is 6.10 Å². The predicted octanol–water partition coefficient (Wildman–Crippen LogP) is 1.08. The molecular formula is C16H21FN4O3S. The Morgan fingerprint density at radius 2 is 2.16 bits per heavy atom. The fourth-order valence-electron chi connectivity index (χ4n) is 2.86. The summed E-state index contributed by atoms with van der Waals surface area (Å²) in [6.45, 7) is 3.22. The minimum Gasteiger partial charge on any atom is -0.442 e. The quantitative estimate of drug-likeness (QED) is 0.771. The Morgan fingerprint density at radius 1 is 1.40 bits per heavy atom. The Hall–Kier alpha value is -2.13. The number of thiocarbonyl (C=S) groups is 1. The lowest BCUT2D eigenvalue weighted by Gasteiger charge is -2.29. The van der Waals surface area contributed by atoms with Gasteiger partial charge in [0.15, 0.2) is 5.11 Å². The van der Waals surface area contributed by atoms with Crippen molar-refractivity contribution in [1.29, 1.82) is 0 Å². The maximum Gasteiger partial charge on any atom is 0.414 e. The van der Waals surface area contributed by atoms with E-state index in [1.807, 2.05) is 4.90 Å². The van der Waals surface area contributed by atoms with E-state index in [-0.39, 0.29) is 11.9 Å². The summed E-state index contributed by atoms with van der Waals surface area (Å²) in [5.74, 6) is -0.356. The number of nitrogens with one attached hydrogen (secondary N) is 2. The normalized spacial score (nSPS) is 20.4. The number of carbonyl (C=O) groups excluding carboxylic acids is 1. The summed E-state index contributed by atoms with van der Waals surface area (Å²) in [6, 6.07) is 4.81. The average molecular weight is 368 g/mol. The van der Waals surface area contributed by atoms with Crippen LogP contribution in [0.2, 0.25) is 0 Å². The molecule has 1 aromatic rings. The molecule has 0 radical (unpaired) electrons. The number of carbonyl (C=O) groups is 1. The summed E-state index contributed by atoms with van der Waals surface area (Å²) in [5, 5.41) is 6.23. The van der Waals surface area contributed by atoms with Crippen molar-refractivity contribution in [2.75, 3.05) is 56.2 Å². The average Bonchev–Trinajstić information content (AvgIpc) is 3.01. The second kappa shape index (κ2) is 7.83. The summed E-state index contributed by atoms with van der Waals surface area (Å²) in [5.41, 5.74) is 1.01. The molecule has 1 unspecified atom stereocenters. The molecule has 25 heavy (non-hydrogen) atoms. The maximum atomic E-state index is 14.5. The zero-order valence-electron chi connectivity index (χ0n) is 14.0. The van der Waals surface area contributed by atoms with Crippen LogP contribution in [0, 0.1) is 5.82 Å². The third kappa shape index (κ3) is 4.10. The number of morpholine rings is 1. The van der Waals surface area contributed by atoms with E-state index in [1.54, 1.807) is 19.2 Å². The number of halogens is 1. The van der Waals surface area contributed by atoms with Crippen molar-refractivity contribution in [3.63, 3.8) is 0 Å². The van der Waals surface area contributed by atoms with Crippen LogP contribution in [0.3, 0.4) is 0 Å². The Labute approximate surface area is 151 Å². The Morgan fingerprint density at radius 3 is 2.84 bits per heavy atom. The van der Waals surface area contributed by atoms with Gasteiger partial charge in [0.05, 0.1) is 37.7 Å². The molecule has 3 rings (SSSR count). The van der Waals surface area contributed by atoms with Crippen LogP contribution in [0.15, 0.2) is 18.2 Å². The number of hydrogen-bond acceptors (Lipinski definition) is 5. The van der Waals surface area contributed by atoms with E-state index in [1.165, 1.54) is 11.0 Å². The summed E-state index contributed by atoms with van der Waals surface area (Å²) < 4.78 is 25.1. The topological polar surface area (TPSA) is 66.1 Å². The van der Waals surface area contributed by atoms with E-state index in [9.17, 15) is 9.18 Å². The largest absolute Gasteiger partial charge is 0.442 e. The molecule has 9 heteroatoms. The number of rotatable bonds is 4. The van der Waals surface area contributed by atoms with E-state index in [2.05, 4.69) is 10.6 Å². The maximum absolute atomic E-state index is 14.5. The molecule has 0 bridgehead atoms. The van der Waals surface area contributed by atoms with E-state index in [4.69, 9.17) is 21.7 Å². The predicted molar refractivity (Wildman–Crippen MR) is 96.7 cm³/mol. The first-order valence-electron chi connectivity index (χ1n) is 8.14. The molecule has 2 heterocycles. The van der Waals surface area contributed by atoms with Crippen molar-refractivity contribution < 1.29 is 18.7 Å². The first-order chi connectivity index (χ1) is 12.1. The number of amides is 1.